The number of urea groups is 1. The van der Waals surface area contributed by atoms with Gasteiger partial charge in [-0.1, -0.05) is 6.08 Å². The van der Waals surface area contributed by atoms with Crippen LogP contribution in [-0.2, 0) is 16.0 Å². The summed E-state index contributed by atoms with van der Waals surface area (Å²) in [5.74, 6) is -0.254. The maximum Gasteiger partial charge on any atom is 0.336 e. The molecule has 198 valence electrons. The number of hydrogen-bond donors (Lipinski definition) is 1. The predicted molar refractivity (Wildman–Crippen MR) is 140 cm³/mol. The van der Waals surface area contributed by atoms with Gasteiger partial charge < -0.3 is 18.9 Å². The molecule has 1 heterocycles. The van der Waals surface area contributed by atoms with Gasteiger partial charge in [-0.05, 0) is 63.1 Å². The minimum Gasteiger partial charge on any atom is -0.494 e. The Hall–Kier alpha value is -4.78. The summed E-state index contributed by atoms with van der Waals surface area (Å²) in [7, 11) is 0. The highest BCUT2D eigenvalue weighted by atomic mass is 16.5. The molecule has 0 bridgehead atoms. The van der Waals surface area contributed by atoms with Crippen molar-refractivity contribution in [2.24, 2.45) is 0 Å². The van der Waals surface area contributed by atoms with E-state index in [1.54, 1.807) is 44.2 Å². The maximum atomic E-state index is 13.6. The Morgan fingerprint density at radius 3 is 2.34 bits per heavy atom. The van der Waals surface area contributed by atoms with E-state index in [0.29, 0.717) is 54.6 Å². The number of nitriles is 1. The van der Waals surface area contributed by atoms with Crippen molar-refractivity contribution < 1.29 is 33.3 Å². The quantitative estimate of drug-likeness (QED) is 0.251. The zero-order valence-corrected chi connectivity index (χ0v) is 21.5. The molecule has 0 atom stereocenters. The zero-order valence-electron chi connectivity index (χ0n) is 21.5. The van der Waals surface area contributed by atoms with E-state index in [0.717, 1.165) is 4.90 Å². The van der Waals surface area contributed by atoms with E-state index in [9.17, 15) is 14.4 Å². The lowest BCUT2D eigenvalue weighted by Crippen LogP contribution is -2.54. The molecular weight excluding hydrogens is 490 g/mol. The first-order valence-electron chi connectivity index (χ1n) is 12.1. The van der Waals surface area contributed by atoms with E-state index >= 15 is 0 Å². The molecule has 10 heteroatoms. The van der Waals surface area contributed by atoms with Crippen molar-refractivity contribution in [3.05, 3.63) is 59.7 Å². The van der Waals surface area contributed by atoms with Crippen molar-refractivity contribution in [2.75, 3.05) is 31.3 Å². The van der Waals surface area contributed by atoms with Gasteiger partial charge in [-0.3, -0.25) is 14.9 Å². The third-order valence-corrected chi connectivity index (χ3v) is 5.29. The van der Waals surface area contributed by atoms with Crippen LogP contribution in [0.2, 0.25) is 0 Å². The second-order valence-electron chi connectivity index (χ2n) is 7.83. The number of nitrogens with zero attached hydrogens (tertiary/aromatic N) is 2. The van der Waals surface area contributed by atoms with Crippen LogP contribution in [0.25, 0.3) is 6.08 Å². The number of barbiturate groups is 1. The summed E-state index contributed by atoms with van der Waals surface area (Å²) in [6.45, 7) is 9.92. The average molecular weight is 520 g/mol. The summed E-state index contributed by atoms with van der Waals surface area (Å²) in [5.41, 5.74) is 0.969. The van der Waals surface area contributed by atoms with Gasteiger partial charge in [-0.15, -0.1) is 6.58 Å². The number of benzene rings is 2. The highest BCUT2D eigenvalue weighted by molar-refractivity contribution is 6.39. The van der Waals surface area contributed by atoms with Crippen molar-refractivity contribution in [1.82, 2.24) is 5.32 Å². The molecule has 1 N–H and O–H groups in total. The van der Waals surface area contributed by atoms with Crippen molar-refractivity contribution in [2.45, 2.75) is 27.2 Å². The molecule has 0 spiro atoms. The molecule has 10 nitrogen and oxygen atoms in total. The minimum atomic E-state index is -0.908. The van der Waals surface area contributed by atoms with Crippen molar-refractivity contribution in [3.63, 3.8) is 0 Å². The summed E-state index contributed by atoms with van der Waals surface area (Å²) >= 11 is 0. The van der Waals surface area contributed by atoms with Crippen LogP contribution in [0.4, 0.5) is 10.5 Å². The summed E-state index contributed by atoms with van der Waals surface area (Å²) in [6, 6.07) is 9.09. The highest BCUT2D eigenvalue weighted by Gasteiger charge is 2.38. The summed E-state index contributed by atoms with van der Waals surface area (Å²) in [5, 5.41) is 11.2. The van der Waals surface area contributed by atoms with Gasteiger partial charge in [0.15, 0.2) is 18.1 Å². The number of allylic oxidation sites excluding steroid dienone is 1. The molecule has 0 aromatic heterocycles. The predicted octanol–water partition coefficient (Wildman–Crippen LogP) is 4.18. The van der Waals surface area contributed by atoms with Crippen LogP contribution >= 0.6 is 0 Å². The normalized spacial score (nSPS) is 14.1. The molecule has 2 aromatic rings. The summed E-state index contributed by atoms with van der Waals surface area (Å²) in [6.07, 6.45) is 3.40. The monoisotopic (exact) mass is 519 g/mol. The molecule has 0 aliphatic carbocycles. The molecule has 3 rings (SSSR count). The standard InChI is InChI=1S/C28H29N3O7/c1-5-9-19-14-18(16-24(37-8-4)25(19)38-13-12-29)15-21-26(32)30-28(34)31(27(21)33)22-17-20(35-6-2)10-11-23(22)36-7-3/h5,10-11,14-17H,1,6-9,13H2,2-4H3,(H,30,32,34)/b21-15+. The van der Waals surface area contributed by atoms with Gasteiger partial charge in [0.1, 0.15) is 23.1 Å². The number of anilines is 1. The Labute approximate surface area is 221 Å². The molecule has 1 saturated heterocycles. The highest BCUT2D eigenvalue weighted by Crippen LogP contribution is 2.37. The molecule has 4 amide bonds. The van der Waals surface area contributed by atoms with Crippen LogP contribution in [-0.4, -0.2) is 44.3 Å². The van der Waals surface area contributed by atoms with Crippen molar-refractivity contribution >= 4 is 29.6 Å². The summed E-state index contributed by atoms with van der Waals surface area (Å²) in [4.78, 5) is 40.1. The topological polar surface area (TPSA) is 127 Å². The van der Waals surface area contributed by atoms with Crippen LogP contribution < -0.4 is 29.2 Å². The number of ether oxygens (including phenoxy) is 4. The smallest absolute Gasteiger partial charge is 0.336 e. The molecule has 0 radical (unpaired) electrons. The number of amides is 4. The minimum absolute atomic E-state index is 0.140. The number of hydrogen-bond acceptors (Lipinski definition) is 8. The fraction of sp³-hybridized carbons (Fsp3) is 0.286. The zero-order chi connectivity index (χ0) is 27.7. The molecule has 1 aliphatic heterocycles. The van der Waals surface area contributed by atoms with Gasteiger partial charge in [0, 0.05) is 11.6 Å². The number of imide groups is 2. The van der Waals surface area contributed by atoms with Gasteiger partial charge in [-0.25, -0.2) is 9.69 Å². The first-order chi connectivity index (χ1) is 18.4. The number of rotatable bonds is 12. The van der Waals surface area contributed by atoms with Crippen LogP contribution in [0.5, 0.6) is 23.0 Å². The molecule has 0 saturated carbocycles. The second-order valence-corrected chi connectivity index (χ2v) is 7.83. The van der Waals surface area contributed by atoms with Gasteiger partial charge >= 0.3 is 6.03 Å². The number of carbonyl (C=O) groups excluding carboxylic acids is 3. The lowest BCUT2D eigenvalue weighted by atomic mass is 10.0. The Morgan fingerprint density at radius 2 is 1.68 bits per heavy atom. The third kappa shape index (κ3) is 6.13. The molecule has 1 fully saturated rings. The van der Waals surface area contributed by atoms with Crippen molar-refractivity contribution in [3.8, 4) is 29.1 Å². The van der Waals surface area contributed by atoms with E-state index < -0.39 is 17.8 Å². The Balaban J connectivity index is 2.12. The molecule has 38 heavy (non-hydrogen) atoms. The van der Waals surface area contributed by atoms with Crippen molar-refractivity contribution in [1.29, 1.82) is 5.26 Å². The molecule has 2 aromatic carbocycles. The average Bonchev–Trinajstić information content (AvgIpc) is 2.88. The lowest BCUT2D eigenvalue weighted by Gasteiger charge is -2.28. The van der Waals surface area contributed by atoms with E-state index in [1.807, 2.05) is 13.0 Å². The van der Waals surface area contributed by atoms with Gasteiger partial charge in [0.2, 0.25) is 0 Å². The SMILES string of the molecule is C=CCc1cc(/C=C2\C(=O)NC(=O)N(c3cc(OCC)ccc3OCC)C2=O)cc(OCC)c1OCC#N. The van der Waals surface area contributed by atoms with E-state index in [2.05, 4.69) is 11.9 Å². The van der Waals surface area contributed by atoms with Crippen LogP contribution in [0.1, 0.15) is 31.9 Å². The Kier molecular flexibility index (Phi) is 9.48. The van der Waals surface area contributed by atoms with Crippen LogP contribution in [0.15, 0.2) is 48.6 Å². The second kappa shape index (κ2) is 13.0. The lowest BCUT2D eigenvalue weighted by molar-refractivity contribution is -0.122. The van der Waals surface area contributed by atoms with Gasteiger partial charge in [-0.2, -0.15) is 5.26 Å². The van der Waals surface area contributed by atoms with E-state index in [4.69, 9.17) is 24.2 Å². The number of carbonyl (C=O) groups is 3. The fourth-order valence-corrected chi connectivity index (χ4v) is 3.85. The Bertz CT molecular complexity index is 1310. The number of nitrogens with one attached hydrogen (secondary N) is 1. The van der Waals surface area contributed by atoms with Gasteiger partial charge in [0.25, 0.3) is 11.8 Å². The van der Waals surface area contributed by atoms with E-state index in [-0.39, 0.29) is 23.6 Å². The van der Waals surface area contributed by atoms with Crippen LogP contribution in [0, 0.1) is 11.3 Å². The molecule has 0 unspecified atom stereocenters. The van der Waals surface area contributed by atoms with Crippen LogP contribution in [0.3, 0.4) is 0 Å². The molecule has 1 aliphatic rings. The largest absolute Gasteiger partial charge is 0.494 e. The first kappa shape index (κ1) is 27.8. The molecular formula is C28H29N3O7. The third-order valence-electron chi connectivity index (χ3n) is 5.29. The maximum absolute atomic E-state index is 13.6. The fourth-order valence-electron chi connectivity index (χ4n) is 3.85. The summed E-state index contributed by atoms with van der Waals surface area (Å²) < 4.78 is 22.5. The Morgan fingerprint density at radius 1 is 0.974 bits per heavy atom. The van der Waals surface area contributed by atoms with E-state index in [1.165, 1.54) is 12.1 Å². The first-order valence-corrected chi connectivity index (χ1v) is 12.1. The van der Waals surface area contributed by atoms with Gasteiger partial charge in [0.05, 0.1) is 25.5 Å².